The summed E-state index contributed by atoms with van der Waals surface area (Å²) in [6, 6.07) is 11.7. The highest BCUT2D eigenvalue weighted by atomic mass is 16.5. The lowest BCUT2D eigenvalue weighted by Gasteiger charge is -2.45. The summed E-state index contributed by atoms with van der Waals surface area (Å²) in [5.74, 6) is 0.870. The van der Waals surface area contributed by atoms with Crippen LogP contribution in [-0.2, 0) is 11.3 Å². The fourth-order valence-corrected chi connectivity index (χ4v) is 3.67. The zero-order valence-corrected chi connectivity index (χ0v) is 14.3. The maximum atomic E-state index is 13.4. The maximum absolute atomic E-state index is 13.4. The van der Waals surface area contributed by atoms with Crippen LogP contribution in [0.4, 0.5) is 11.4 Å². The van der Waals surface area contributed by atoms with E-state index in [2.05, 4.69) is 15.6 Å². The third-order valence-corrected chi connectivity index (χ3v) is 5.02. The van der Waals surface area contributed by atoms with Crippen molar-refractivity contribution in [1.29, 1.82) is 0 Å². The van der Waals surface area contributed by atoms with E-state index < -0.39 is 5.54 Å². The number of fused-ring (bicyclic) bond motifs is 1. The molecule has 2 aliphatic heterocycles. The molecule has 1 saturated heterocycles. The molecule has 0 aliphatic carbocycles. The Labute approximate surface area is 147 Å². The Kier molecular flexibility index (Phi) is 4.05. The van der Waals surface area contributed by atoms with E-state index in [-0.39, 0.29) is 5.91 Å². The van der Waals surface area contributed by atoms with Gasteiger partial charge in [-0.1, -0.05) is 12.1 Å². The first kappa shape index (κ1) is 15.9. The van der Waals surface area contributed by atoms with E-state index in [1.54, 1.807) is 13.3 Å². The first-order valence-electron chi connectivity index (χ1n) is 8.61. The molecule has 0 atom stereocenters. The van der Waals surface area contributed by atoms with Crippen molar-refractivity contribution >= 4 is 17.3 Å². The number of pyridine rings is 1. The molecule has 0 radical (unpaired) electrons. The number of nitrogens with zero attached hydrogens (tertiary/aromatic N) is 2. The minimum Gasteiger partial charge on any atom is -0.497 e. The van der Waals surface area contributed by atoms with Crippen LogP contribution in [-0.4, -0.2) is 36.6 Å². The van der Waals surface area contributed by atoms with Crippen LogP contribution in [0.2, 0.25) is 0 Å². The second-order valence-corrected chi connectivity index (χ2v) is 6.55. The molecule has 1 aromatic carbocycles. The highest BCUT2D eigenvalue weighted by Gasteiger charge is 2.46. The van der Waals surface area contributed by atoms with Gasteiger partial charge in [0.2, 0.25) is 0 Å². The second-order valence-electron chi connectivity index (χ2n) is 6.55. The number of nitrogens with one attached hydrogen (secondary N) is 2. The van der Waals surface area contributed by atoms with Crippen LogP contribution in [0.15, 0.2) is 42.6 Å². The quantitative estimate of drug-likeness (QED) is 0.898. The summed E-state index contributed by atoms with van der Waals surface area (Å²) in [5, 5.41) is 6.86. The Morgan fingerprint density at radius 3 is 2.84 bits per heavy atom. The number of ether oxygens (including phenoxy) is 1. The number of aromatic nitrogens is 1. The minimum absolute atomic E-state index is 0.123. The van der Waals surface area contributed by atoms with Gasteiger partial charge in [0.25, 0.3) is 5.91 Å². The first-order valence-corrected chi connectivity index (χ1v) is 8.61. The lowest BCUT2D eigenvalue weighted by Crippen LogP contribution is -2.61. The van der Waals surface area contributed by atoms with Crippen molar-refractivity contribution in [2.45, 2.75) is 24.9 Å². The highest BCUT2D eigenvalue weighted by molar-refractivity contribution is 6.07. The summed E-state index contributed by atoms with van der Waals surface area (Å²) in [6.07, 6.45) is 3.28. The molecule has 1 amide bonds. The van der Waals surface area contributed by atoms with Crippen molar-refractivity contribution in [1.82, 2.24) is 10.3 Å². The third kappa shape index (κ3) is 2.82. The van der Waals surface area contributed by atoms with Crippen LogP contribution < -0.4 is 20.3 Å². The minimum atomic E-state index is -0.529. The molecule has 1 spiro atoms. The Morgan fingerprint density at radius 1 is 1.24 bits per heavy atom. The average molecular weight is 338 g/mol. The number of methoxy groups -OCH3 is 1. The van der Waals surface area contributed by atoms with Crippen molar-refractivity contribution in [3.8, 4) is 5.75 Å². The fraction of sp³-hybridized carbons (Fsp3) is 0.368. The topological polar surface area (TPSA) is 66.5 Å². The summed E-state index contributed by atoms with van der Waals surface area (Å²) in [6.45, 7) is 2.11. The van der Waals surface area contributed by atoms with E-state index in [0.29, 0.717) is 6.54 Å². The van der Waals surface area contributed by atoms with Gasteiger partial charge in [-0.15, -0.1) is 0 Å². The molecule has 2 aromatic rings. The molecular formula is C19H22N4O2. The molecule has 3 heterocycles. The standard InChI is InChI=1S/C19H22N4O2/c1-25-15-6-9-21-14(12-15)13-23-17-5-3-2-4-16(17)22-19(18(23)24)7-10-20-11-8-19/h2-6,9,12,20,22H,7-8,10-11,13H2,1H3. The lowest BCUT2D eigenvalue weighted by atomic mass is 9.84. The van der Waals surface area contributed by atoms with E-state index in [4.69, 9.17) is 4.74 Å². The van der Waals surface area contributed by atoms with Crippen molar-refractivity contribution in [3.05, 3.63) is 48.3 Å². The number of hydrogen-bond donors (Lipinski definition) is 2. The second kappa shape index (κ2) is 6.37. The number of piperidine rings is 1. The largest absolute Gasteiger partial charge is 0.497 e. The van der Waals surface area contributed by atoms with Gasteiger partial charge in [0.05, 0.1) is 30.7 Å². The molecule has 2 aliphatic rings. The van der Waals surface area contributed by atoms with Gasteiger partial charge in [-0.3, -0.25) is 9.78 Å². The molecule has 130 valence electrons. The Hall–Kier alpha value is -2.60. The molecule has 2 N–H and O–H groups in total. The summed E-state index contributed by atoms with van der Waals surface area (Å²) in [5.41, 5.74) is 2.19. The van der Waals surface area contributed by atoms with Gasteiger partial charge in [-0.2, -0.15) is 0 Å². The van der Waals surface area contributed by atoms with Gasteiger partial charge in [0, 0.05) is 12.3 Å². The Bertz CT molecular complexity index is 786. The Morgan fingerprint density at radius 2 is 2.04 bits per heavy atom. The van der Waals surface area contributed by atoms with Crippen molar-refractivity contribution < 1.29 is 9.53 Å². The average Bonchev–Trinajstić information content (AvgIpc) is 2.66. The number of anilines is 2. The molecule has 6 nitrogen and oxygen atoms in total. The highest BCUT2D eigenvalue weighted by Crippen LogP contribution is 2.39. The van der Waals surface area contributed by atoms with Gasteiger partial charge in [0.1, 0.15) is 11.3 Å². The van der Waals surface area contributed by atoms with E-state index in [9.17, 15) is 4.79 Å². The predicted octanol–water partition coefficient (Wildman–Crippen LogP) is 2.17. The maximum Gasteiger partial charge on any atom is 0.253 e. The predicted molar refractivity (Wildman–Crippen MR) is 96.9 cm³/mol. The van der Waals surface area contributed by atoms with E-state index >= 15 is 0 Å². The number of benzene rings is 1. The summed E-state index contributed by atoms with van der Waals surface area (Å²) in [7, 11) is 1.63. The summed E-state index contributed by atoms with van der Waals surface area (Å²) < 4.78 is 5.29. The van der Waals surface area contributed by atoms with Crippen molar-refractivity contribution in [2.75, 3.05) is 30.4 Å². The van der Waals surface area contributed by atoms with Gasteiger partial charge in [-0.05, 0) is 44.1 Å². The van der Waals surface area contributed by atoms with Crippen LogP contribution in [0.5, 0.6) is 5.75 Å². The fourth-order valence-electron chi connectivity index (χ4n) is 3.67. The molecule has 25 heavy (non-hydrogen) atoms. The molecule has 1 fully saturated rings. The molecule has 0 bridgehead atoms. The van der Waals surface area contributed by atoms with Crippen molar-refractivity contribution in [3.63, 3.8) is 0 Å². The number of para-hydroxylation sites is 2. The number of rotatable bonds is 3. The van der Waals surface area contributed by atoms with Crippen LogP contribution in [0, 0.1) is 0 Å². The lowest BCUT2D eigenvalue weighted by molar-refractivity contribution is -0.124. The smallest absolute Gasteiger partial charge is 0.253 e. The third-order valence-electron chi connectivity index (χ3n) is 5.02. The Balaban J connectivity index is 1.72. The van der Waals surface area contributed by atoms with Crippen LogP contribution >= 0.6 is 0 Å². The number of hydrogen-bond acceptors (Lipinski definition) is 5. The molecule has 0 saturated carbocycles. The van der Waals surface area contributed by atoms with E-state index in [1.807, 2.05) is 41.3 Å². The molecule has 1 aromatic heterocycles. The number of carbonyl (C=O) groups excluding carboxylic acids is 1. The number of carbonyl (C=O) groups is 1. The number of amides is 1. The van der Waals surface area contributed by atoms with Gasteiger partial charge in [-0.25, -0.2) is 0 Å². The first-order chi connectivity index (χ1) is 12.2. The molecule has 0 unspecified atom stereocenters. The summed E-state index contributed by atoms with van der Waals surface area (Å²) in [4.78, 5) is 19.7. The van der Waals surface area contributed by atoms with E-state index in [0.717, 1.165) is 48.7 Å². The SMILES string of the molecule is COc1ccnc(CN2C(=O)C3(CCNCC3)Nc3ccccc32)c1. The van der Waals surface area contributed by atoms with E-state index in [1.165, 1.54) is 0 Å². The molecular weight excluding hydrogens is 316 g/mol. The zero-order chi connectivity index (χ0) is 17.3. The summed E-state index contributed by atoms with van der Waals surface area (Å²) >= 11 is 0. The van der Waals surface area contributed by atoms with Crippen LogP contribution in [0.25, 0.3) is 0 Å². The van der Waals surface area contributed by atoms with Crippen LogP contribution in [0.1, 0.15) is 18.5 Å². The zero-order valence-electron chi connectivity index (χ0n) is 14.3. The van der Waals surface area contributed by atoms with Gasteiger partial charge < -0.3 is 20.3 Å². The normalized spacial score (nSPS) is 18.6. The van der Waals surface area contributed by atoms with Crippen LogP contribution in [0.3, 0.4) is 0 Å². The monoisotopic (exact) mass is 338 g/mol. The van der Waals surface area contributed by atoms with Crippen molar-refractivity contribution in [2.24, 2.45) is 0 Å². The molecule has 6 heteroatoms. The van der Waals surface area contributed by atoms with Gasteiger partial charge in [0.15, 0.2) is 0 Å². The molecule has 4 rings (SSSR count). The van der Waals surface area contributed by atoms with Gasteiger partial charge >= 0.3 is 0 Å².